The van der Waals surface area contributed by atoms with E-state index < -0.39 is 0 Å². The second-order valence-corrected chi connectivity index (χ2v) is 4.10. The van der Waals surface area contributed by atoms with Crippen LogP contribution in [0.15, 0.2) is 36.2 Å². The fraction of sp³-hybridized carbons (Fsp3) is 0.357. The van der Waals surface area contributed by atoms with Gasteiger partial charge in [-0.25, -0.2) is 0 Å². The van der Waals surface area contributed by atoms with E-state index in [1.165, 1.54) is 0 Å². The van der Waals surface area contributed by atoms with E-state index in [1.807, 2.05) is 12.1 Å². The Balaban J connectivity index is 2.28. The van der Waals surface area contributed by atoms with Crippen molar-refractivity contribution in [2.75, 3.05) is 12.3 Å². The maximum atomic E-state index is 5.79. The highest BCUT2D eigenvalue weighted by Gasteiger charge is 2.12. The van der Waals surface area contributed by atoms with Crippen LogP contribution in [-0.4, -0.2) is 11.6 Å². The van der Waals surface area contributed by atoms with E-state index in [2.05, 4.69) is 24.1 Å². The molecule has 3 heteroatoms. The standard InChI is InChI=1S/C14H18N2O/c1-2-9-17-14-6-4-3-5-12(14)13-8-7-11(15)10-16-13/h3,5,7-8,10H,2,4,6,9,15H2,1H3. The van der Waals surface area contributed by atoms with E-state index in [0.29, 0.717) is 5.69 Å². The van der Waals surface area contributed by atoms with Gasteiger partial charge < -0.3 is 10.5 Å². The minimum atomic E-state index is 0.685. The average Bonchev–Trinajstić information content (AvgIpc) is 2.38. The van der Waals surface area contributed by atoms with Crippen LogP contribution in [0.5, 0.6) is 0 Å². The minimum absolute atomic E-state index is 0.685. The van der Waals surface area contributed by atoms with E-state index >= 15 is 0 Å². The zero-order valence-electron chi connectivity index (χ0n) is 10.1. The molecule has 0 amide bonds. The molecule has 3 nitrogen and oxygen atoms in total. The molecule has 0 radical (unpaired) electrons. The van der Waals surface area contributed by atoms with E-state index in [0.717, 1.165) is 42.9 Å². The largest absolute Gasteiger partial charge is 0.497 e. The molecule has 0 bridgehead atoms. The summed E-state index contributed by atoms with van der Waals surface area (Å²) in [5.74, 6) is 1.05. The summed E-state index contributed by atoms with van der Waals surface area (Å²) < 4.78 is 5.79. The first-order chi connectivity index (χ1) is 8.31. The summed E-state index contributed by atoms with van der Waals surface area (Å²) in [5, 5.41) is 0. The third-order valence-corrected chi connectivity index (χ3v) is 2.67. The van der Waals surface area contributed by atoms with E-state index in [9.17, 15) is 0 Å². The smallest absolute Gasteiger partial charge is 0.106 e. The Bertz CT molecular complexity index is 432. The highest BCUT2D eigenvalue weighted by Crippen LogP contribution is 2.27. The monoisotopic (exact) mass is 230 g/mol. The van der Waals surface area contributed by atoms with Crippen molar-refractivity contribution >= 4 is 11.3 Å². The predicted octanol–water partition coefficient (Wildman–Crippen LogP) is 3.15. The second-order valence-electron chi connectivity index (χ2n) is 4.10. The van der Waals surface area contributed by atoms with Crippen molar-refractivity contribution in [1.82, 2.24) is 4.98 Å². The molecule has 0 aliphatic heterocycles. The lowest BCUT2D eigenvalue weighted by atomic mass is 10.0. The Morgan fingerprint density at radius 3 is 3.00 bits per heavy atom. The molecule has 17 heavy (non-hydrogen) atoms. The lowest BCUT2D eigenvalue weighted by molar-refractivity contribution is 0.204. The maximum absolute atomic E-state index is 5.79. The van der Waals surface area contributed by atoms with Crippen molar-refractivity contribution in [2.24, 2.45) is 0 Å². The normalized spacial score (nSPS) is 15.1. The highest BCUT2D eigenvalue weighted by molar-refractivity contribution is 5.74. The van der Waals surface area contributed by atoms with Gasteiger partial charge in [-0.3, -0.25) is 4.98 Å². The van der Waals surface area contributed by atoms with Crippen LogP contribution in [0.2, 0.25) is 0 Å². The summed E-state index contributed by atoms with van der Waals surface area (Å²) in [5.41, 5.74) is 8.35. The number of nitrogens with zero attached hydrogens (tertiary/aromatic N) is 1. The van der Waals surface area contributed by atoms with Crippen molar-refractivity contribution in [1.29, 1.82) is 0 Å². The fourth-order valence-electron chi connectivity index (χ4n) is 1.81. The Hall–Kier alpha value is -1.77. The van der Waals surface area contributed by atoms with Crippen LogP contribution in [0.3, 0.4) is 0 Å². The summed E-state index contributed by atoms with van der Waals surface area (Å²) in [6.07, 6.45) is 8.95. The van der Waals surface area contributed by atoms with Crippen molar-refractivity contribution in [3.8, 4) is 0 Å². The summed E-state index contributed by atoms with van der Waals surface area (Å²) in [4.78, 5) is 4.35. The first kappa shape index (κ1) is 11.7. The Morgan fingerprint density at radius 2 is 2.29 bits per heavy atom. The van der Waals surface area contributed by atoms with Crippen LogP contribution < -0.4 is 5.73 Å². The van der Waals surface area contributed by atoms with Gasteiger partial charge in [-0.1, -0.05) is 19.1 Å². The van der Waals surface area contributed by atoms with Gasteiger partial charge in [-0.15, -0.1) is 0 Å². The van der Waals surface area contributed by atoms with E-state index in [1.54, 1.807) is 6.20 Å². The number of pyridine rings is 1. The van der Waals surface area contributed by atoms with Crippen LogP contribution in [0.4, 0.5) is 5.69 Å². The average molecular weight is 230 g/mol. The molecule has 0 aromatic carbocycles. The molecule has 1 heterocycles. The summed E-state index contributed by atoms with van der Waals surface area (Å²) in [6, 6.07) is 3.81. The van der Waals surface area contributed by atoms with Gasteiger partial charge in [-0.05, 0) is 25.0 Å². The lowest BCUT2D eigenvalue weighted by Crippen LogP contribution is -2.02. The number of anilines is 1. The van der Waals surface area contributed by atoms with Crippen LogP contribution in [0.25, 0.3) is 5.57 Å². The summed E-state index contributed by atoms with van der Waals surface area (Å²) >= 11 is 0. The molecule has 0 unspecified atom stereocenters. The number of nitrogens with two attached hydrogens (primary N) is 1. The lowest BCUT2D eigenvalue weighted by Gasteiger charge is -2.16. The maximum Gasteiger partial charge on any atom is 0.106 e. The molecule has 1 aromatic heterocycles. The van der Waals surface area contributed by atoms with Crippen LogP contribution >= 0.6 is 0 Å². The fourth-order valence-corrected chi connectivity index (χ4v) is 1.81. The number of hydrogen-bond donors (Lipinski definition) is 1. The molecule has 0 fully saturated rings. The third kappa shape index (κ3) is 2.87. The number of ether oxygens (including phenoxy) is 1. The van der Waals surface area contributed by atoms with E-state index in [4.69, 9.17) is 10.5 Å². The highest BCUT2D eigenvalue weighted by atomic mass is 16.5. The topological polar surface area (TPSA) is 48.1 Å². The summed E-state index contributed by atoms with van der Waals surface area (Å²) in [6.45, 7) is 2.88. The van der Waals surface area contributed by atoms with Gasteiger partial charge in [0, 0.05) is 12.0 Å². The molecular formula is C14H18N2O. The molecular weight excluding hydrogens is 212 g/mol. The van der Waals surface area contributed by atoms with Gasteiger partial charge in [0.15, 0.2) is 0 Å². The molecule has 0 atom stereocenters. The molecule has 1 aromatic rings. The Labute approximate surface area is 102 Å². The summed E-state index contributed by atoms with van der Waals surface area (Å²) in [7, 11) is 0. The van der Waals surface area contributed by atoms with Crippen LogP contribution in [-0.2, 0) is 4.74 Å². The first-order valence-corrected chi connectivity index (χ1v) is 6.05. The molecule has 1 aliphatic rings. The van der Waals surface area contributed by atoms with Crippen LogP contribution in [0, 0.1) is 0 Å². The van der Waals surface area contributed by atoms with Crippen molar-refractivity contribution in [3.05, 3.63) is 41.9 Å². The van der Waals surface area contributed by atoms with E-state index in [-0.39, 0.29) is 0 Å². The van der Waals surface area contributed by atoms with Gasteiger partial charge in [0.25, 0.3) is 0 Å². The zero-order chi connectivity index (χ0) is 12.1. The number of aromatic nitrogens is 1. The van der Waals surface area contributed by atoms with Gasteiger partial charge in [-0.2, -0.15) is 0 Å². The molecule has 90 valence electrons. The zero-order valence-corrected chi connectivity index (χ0v) is 10.1. The number of allylic oxidation sites excluding steroid dienone is 4. The van der Waals surface area contributed by atoms with Crippen LogP contribution in [0.1, 0.15) is 31.9 Å². The van der Waals surface area contributed by atoms with Crippen molar-refractivity contribution in [2.45, 2.75) is 26.2 Å². The minimum Gasteiger partial charge on any atom is -0.497 e. The molecule has 0 spiro atoms. The molecule has 2 N–H and O–H groups in total. The SMILES string of the molecule is CCCOC1=C(c2ccc(N)cn2)C=CCC1. The molecule has 0 saturated heterocycles. The number of rotatable bonds is 4. The van der Waals surface area contributed by atoms with Crippen molar-refractivity contribution < 1.29 is 4.74 Å². The Morgan fingerprint density at radius 1 is 1.41 bits per heavy atom. The molecule has 0 saturated carbocycles. The van der Waals surface area contributed by atoms with Gasteiger partial charge >= 0.3 is 0 Å². The first-order valence-electron chi connectivity index (χ1n) is 6.05. The van der Waals surface area contributed by atoms with Gasteiger partial charge in [0.1, 0.15) is 5.76 Å². The predicted molar refractivity (Wildman–Crippen MR) is 70.2 cm³/mol. The third-order valence-electron chi connectivity index (χ3n) is 2.67. The Kier molecular flexibility index (Phi) is 3.81. The quantitative estimate of drug-likeness (QED) is 0.864. The molecule has 1 aliphatic carbocycles. The van der Waals surface area contributed by atoms with Crippen molar-refractivity contribution in [3.63, 3.8) is 0 Å². The molecule has 2 rings (SSSR count). The number of nitrogen functional groups attached to an aromatic ring is 1. The second kappa shape index (κ2) is 5.53. The van der Waals surface area contributed by atoms with Gasteiger partial charge in [0.05, 0.1) is 24.2 Å². The number of hydrogen-bond acceptors (Lipinski definition) is 3. The van der Waals surface area contributed by atoms with Gasteiger partial charge in [0.2, 0.25) is 0 Å².